The van der Waals surface area contributed by atoms with E-state index in [1.165, 1.54) is 10.8 Å². The number of aryl methyl sites for hydroxylation is 1. The van der Waals surface area contributed by atoms with Crippen LogP contribution in [0.1, 0.15) is 32.1 Å². The number of hydrogen-bond acceptors (Lipinski definition) is 5. The Morgan fingerprint density at radius 2 is 2.25 bits per heavy atom. The van der Waals surface area contributed by atoms with Crippen LogP contribution >= 0.6 is 0 Å². The van der Waals surface area contributed by atoms with Gasteiger partial charge >= 0.3 is 5.69 Å². The van der Waals surface area contributed by atoms with Crippen LogP contribution in [0.5, 0.6) is 0 Å². The van der Waals surface area contributed by atoms with Gasteiger partial charge in [-0.1, -0.05) is 16.8 Å². The molecular weight excluding hydrogens is 314 g/mol. The summed E-state index contributed by atoms with van der Waals surface area (Å²) in [6.45, 7) is 5.26. The molecule has 1 aromatic heterocycles. The van der Waals surface area contributed by atoms with Crippen LogP contribution in [0.4, 0.5) is 0 Å². The van der Waals surface area contributed by atoms with E-state index in [0.29, 0.717) is 5.56 Å². The van der Waals surface area contributed by atoms with E-state index in [0.717, 1.165) is 10.1 Å². The van der Waals surface area contributed by atoms with Crippen molar-refractivity contribution in [3.05, 3.63) is 54.7 Å². The monoisotopic (exact) mass is 335 g/mol. The van der Waals surface area contributed by atoms with Gasteiger partial charge in [-0.2, -0.15) is 0 Å². The van der Waals surface area contributed by atoms with Crippen LogP contribution in [-0.4, -0.2) is 33.0 Å². The zero-order valence-electron chi connectivity index (χ0n) is 13.9. The van der Waals surface area contributed by atoms with Crippen LogP contribution in [0.2, 0.25) is 0 Å². The zero-order valence-corrected chi connectivity index (χ0v) is 13.9. The maximum Gasteiger partial charge on any atom is 0.333 e. The lowest BCUT2D eigenvalue weighted by molar-refractivity contribution is -0.0277. The Bertz CT molecular complexity index is 799. The van der Waals surface area contributed by atoms with Crippen molar-refractivity contribution in [2.75, 3.05) is 6.61 Å². The second kappa shape index (κ2) is 7.48. The molecule has 0 saturated carbocycles. The van der Waals surface area contributed by atoms with E-state index >= 15 is 0 Å². The Hall–Kier alpha value is -2.35. The topological polar surface area (TPSA) is 122 Å². The van der Waals surface area contributed by atoms with Crippen molar-refractivity contribution in [1.82, 2.24) is 9.13 Å². The minimum Gasteiger partial charge on any atom is -0.394 e. The van der Waals surface area contributed by atoms with E-state index in [9.17, 15) is 14.7 Å². The summed E-state index contributed by atoms with van der Waals surface area (Å²) in [5, 5.41) is 12.9. The lowest BCUT2D eigenvalue weighted by atomic mass is 10.1. The molecule has 0 radical (unpaired) electrons. The van der Waals surface area contributed by atoms with Crippen molar-refractivity contribution in [3.8, 4) is 0 Å². The lowest BCUT2D eigenvalue weighted by Crippen LogP contribution is -2.42. The highest BCUT2D eigenvalue weighted by atomic mass is 16.5. The Labute approximate surface area is 138 Å². The molecular formula is C15H21N5O4. The van der Waals surface area contributed by atoms with E-state index < -0.39 is 24.1 Å². The van der Waals surface area contributed by atoms with Crippen LogP contribution in [0.15, 0.2) is 32.5 Å². The molecule has 0 spiro atoms. The fraction of sp³-hybridized carbons (Fsp3) is 0.600. The van der Waals surface area contributed by atoms with Gasteiger partial charge < -0.3 is 9.84 Å². The fourth-order valence-corrected chi connectivity index (χ4v) is 2.64. The molecule has 0 amide bonds. The van der Waals surface area contributed by atoms with Gasteiger partial charge in [0.05, 0.1) is 18.8 Å². The Kier molecular flexibility index (Phi) is 5.61. The molecule has 130 valence electrons. The third-order valence-corrected chi connectivity index (χ3v) is 3.94. The highest BCUT2D eigenvalue weighted by Gasteiger charge is 2.36. The SMILES string of the molecule is CC(C)=CCn1c(=O)c(C)cn([C@H]2CC(N=[N+]=[N-])[C@@H](CO)O2)c1=O. The van der Waals surface area contributed by atoms with Gasteiger partial charge in [-0.3, -0.25) is 13.9 Å². The van der Waals surface area contributed by atoms with Gasteiger partial charge in [0, 0.05) is 29.6 Å². The highest BCUT2D eigenvalue weighted by molar-refractivity contribution is 5.06. The summed E-state index contributed by atoms with van der Waals surface area (Å²) in [6.07, 6.45) is 2.14. The predicted molar refractivity (Wildman–Crippen MR) is 87.7 cm³/mol. The van der Waals surface area contributed by atoms with Crippen molar-refractivity contribution in [1.29, 1.82) is 0 Å². The molecule has 9 nitrogen and oxygen atoms in total. The van der Waals surface area contributed by atoms with Gasteiger partial charge in [0.1, 0.15) is 6.23 Å². The molecule has 1 aromatic rings. The van der Waals surface area contributed by atoms with Gasteiger partial charge in [0.15, 0.2) is 0 Å². The predicted octanol–water partition coefficient (Wildman–Crippen LogP) is 1.24. The van der Waals surface area contributed by atoms with E-state index in [1.807, 2.05) is 13.8 Å². The molecule has 1 saturated heterocycles. The number of allylic oxidation sites excluding steroid dienone is 2. The summed E-state index contributed by atoms with van der Waals surface area (Å²) in [5.74, 6) is 0. The molecule has 1 fully saturated rings. The van der Waals surface area contributed by atoms with Crippen molar-refractivity contribution < 1.29 is 9.84 Å². The fourth-order valence-electron chi connectivity index (χ4n) is 2.64. The summed E-state index contributed by atoms with van der Waals surface area (Å²) in [7, 11) is 0. The first-order chi connectivity index (χ1) is 11.4. The minimum atomic E-state index is -0.692. The van der Waals surface area contributed by atoms with Gasteiger partial charge in [0.2, 0.25) is 0 Å². The van der Waals surface area contributed by atoms with Gasteiger partial charge in [-0.05, 0) is 26.3 Å². The van der Waals surface area contributed by atoms with Crippen molar-refractivity contribution in [2.45, 2.75) is 52.1 Å². The first-order valence-corrected chi connectivity index (χ1v) is 7.65. The third kappa shape index (κ3) is 3.59. The van der Waals surface area contributed by atoms with Crippen LogP contribution < -0.4 is 11.2 Å². The highest BCUT2D eigenvalue weighted by Crippen LogP contribution is 2.29. The second-order valence-corrected chi connectivity index (χ2v) is 6.02. The minimum absolute atomic E-state index is 0.178. The average Bonchev–Trinajstić information content (AvgIpc) is 2.93. The number of ether oxygens (including phenoxy) is 1. The molecule has 1 aliphatic rings. The van der Waals surface area contributed by atoms with E-state index in [4.69, 9.17) is 10.3 Å². The van der Waals surface area contributed by atoms with Crippen LogP contribution in [0.25, 0.3) is 10.4 Å². The third-order valence-electron chi connectivity index (χ3n) is 3.94. The molecule has 1 N–H and O–H groups in total. The molecule has 0 aromatic carbocycles. The number of hydrogen-bond donors (Lipinski definition) is 1. The van der Waals surface area contributed by atoms with Crippen LogP contribution in [0, 0.1) is 6.92 Å². The Balaban J connectivity index is 2.45. The van der Waals surface area contributed by atoms with E-state index in [-0.39, 0.29) is 25.1 Å². The van der Waals surface area contributed by atoms with E-state index in [2.05, 4.69) is 10.0 Å². The maximum absolute atomic E-state index is 12.7. The Morgan fingerprint density at radius 1 is 1.54 bits per heavy atom. The second-order valence-electron chi connectivity index (χ2n) is 6.02. The molecule has 9 heteroatoms. The number of aromatic nitrogens is 2. The van der Waals surface area contributed by atoms with Crippen molar-refractivity contribution in [3.63, 3.8) is 0 Å². The number of azide groups is 1. The molecule has 24 heavy (non-hydrogen) atoms. The van der Waals surface area contributed by atoms with Gasteiger partial charge in [0.25, 0.3) is 5.56 Å². The van der Waals surface area contributed by atoms with Crippen molar-refractivity contribution >= 4 is 0 Å². The summed E-state index contributed by atoms with van der Waals surface area (Å²) in [5.41, 5.74) is 9.16. The summed E-state index contributed by atoms with van der Waals surface area (Å²) < 4.78 is 8.10. The smallest absolute Gasteiger partial charge is 0.333 e. The van der Waals surface area contributed by atoms with Crippen molar-refractivity contribution in [2.24, 2.45) is 5.11 Å². The van der Waals surface area contributed by atoms with Gasteiger partial charge in [-0.15, -0.1) is 0 Å². The lowest BCUT2D eigenvalue weighted by Gasteiger charge is -2.17. The first-order valence-electron chi connectivity index (χ1n) is 7.65. The normalized spacial score (nSPS) is 22.9. The van der Waals surface area contributed by atoms with E-state index in [1.54, 1.807) is 13.0 Å². The molecule has 2 rings (SSSR count). The summed E-state index contributed by atoms with van der Waals surface area (Å²) >= 11 is 0. The summed E-state index contributed by atoms with van der Waals surface area (Å²) in [6, 6.07) is -0.560. The zero-order chi connectivity index (χ0) is 17.9. The first kappa shape index (κ1) is 18.0. The number of aliphatic hydroxyl groups is 1. The maximum atomic E-state index is 12.7. The Morgan fingerprint density at radius 3 is 2.83 bits per heavy atom. The molecule has 3 atom stereocenters. The molecule has 0 aliphatic carbocycles. The molecule has 1 aliphatic heterocycles. The number of nitrogens with zero attached hydrogens (tertiary/aromatic N) is 5. The largest absolute Gasteiger partial charge is 0.394 e. The molecule has 2 heterocycles. The molecule has 1 unspecified atom stereocenters. The number of rotatable bonds is 5. The number of aliphatic hydroxyl groups excluding tert-OH is 1. The summed E-state index contributed by atoms with van der Waals surface area (Å²) in [4.78, 5) is 27.6. The van der Waals surface area contributed by atoms with Crippen LogP contribution in [0.3, 0.4) is 0 Å². The van der Waals surface area contributed by atoms with Crippen LogP contribution in [-0.2, 0) is 11.3 Å². The quantitative estimate of drug-likeness (QED) is 0.376. The standard InChI is InChI=1S/C15H21N5O4/c1-9(2)4-5-19-14(22)10(3)7-20(15(19)23)13-6-11(17-18-16)12(8-21)24-13/h4,7,11-13,21H,5-6,8H2,1-3H3/t11?,12-,13-/m1/s1. The van der Waals surface area contributed by atoms with Gasteiger partial charge in [-0.25, -0.2) is 4.79 Å². The average molecular weight is 335 g/mol. The molecule has 0 bridgehead atoms.